The fraction of sp³-hybridized carbons (Fsp3) is 0.182. The third-order valence-corrected chi connectivity index (χ3v) is 4.69. The van der Waals surface area contributed by atoms with E-state index in [1.165, 1.54) is 24.1 Å². The standard InChI is InChI=1S/C22H18F2N4O3/c1-13(29)26-17-4-2-3-14(9-17)20-25-11-18-21(27-20)31-8-7-28(22(18)30)12-15-5-6-16(23)10-19(15)24/h2-6,9-11H,7-8,12H2,1H3,(H,26,29). The van der Waals surface area contributed by atoms with Crippen molar-refractivity contribution in [3.8, 4) is 17.3 Å². The highest BCUT2D eigenvalue weighted by atomic mass is 19.1. The first-order valence-electron chi connectivity index (χ1n) is 9.52. The number of hydrogen-bond donors (Lipinski definition) is 1. The second kappa shape index (κ2) is 8.47. The van der Waals surface area contributed by atoms with E-state index in [1.807, 2.05) is 0 Å². The minimum atomic E-state index is -0.719. The lowest BCUT2D eigenvalue weighted by Crippen LogP contribution is -2.32. The first-order chi connectivity index (χ1) is 14.9. The lowest BCUT2D eigenvalue weighted by molar-refractivity contribution is -0.114. The Labute approximate surface area is 176 Å². The molecule has 158 valence electrons. The van der Waals surface area contributed by atoms with E-state index in [-0.39, 0.29) is 42.6 Å². The highest BCUT2D eigenvalue weighted by Gasteiger charge is 2.26. The van der Waals surface area contributed by atoms with Gasteiger partial charge < -0.3 is 15.0 Å². The number of fused-ring (bicyclic) bond motifs is 1. The summed E-state index contributed by atoms with van der Waals surface area (Å²) in [6, 6.07) is 10.2. The van der Waals surface area contributed by atoms with E-state index in [4.69, 9.17) is 4.74 Å². The van der Waals surface area contributed by atoms with E-state index >= 15 is 0 Å². The van der Waals surface area contributed by atoms with Gasteiger partial charge in [0.25, 0.3) is 5.91 Å². The molecule has 1 aliphatic heterocycles. The van der Waals surface area contributed by atoms with Crippen molar-refractivity contribution in [2.24, 2.45) is 0 Å². The summed E-state index contributed by atoms with van der Waals surface area (Å²) in [6.07, 6.45) is 1.37. The lowest BCUT2D eigenvalue weighted by atomic mass is 10.1. The van der Waals surface area contributed by atoms with E-state index in [0.29, 0.717) is 17.1 Å². The van der Waals surface area contributed by atoms with Crippen molar-refractivity contribution in [3.05, 3.63) is 71.4 Å². The summed E-state index contributed by atoms with van der Waals surface area (Å²) in [5, 5.41) is 2.69. The second-order valence-corrected chi connectivity index (χ2v) is 6.99. The van der Waals surface area contributed by atoms with Crippen LogP contribution in [-0.2, 0) is 11.3 Å². The molecule has 2 amide bonds. The summed E-state index contributed by atoms with van der Waals surface area (Å²) in [5.74, 6) is -1.55. The first kappa shape index (κ1) is 20.4. The van der Waals surface area contributed by atoms with Crippen LogP contribution in [-0.4, -0.2) is 39.8 Å². The number of aromatic nitrogens is 2. The number of halogens is 2. The zero-order valence-corrected chi connectivity index (χ0v) is 16.6. The molecule has 1 aliphatic rings. The molecule has 0 unspecified atom stereocenters. The molecule has 0 spiro atoms. The van der Waals surface area contributed by atoms with Crippen LogP contribution in [0.4, 0.5) is 14.5 Å². The van der Waals surface area contributed by atoms with Gasteiger partial charge in [-0.3, -0.25) is 9.59 Å². The summed E-state index contributed by atoms with van der Waals surface area (Å²) in [7, 11) is 0. The molecule has 0 atom stereocenters. The maximum Gasteiger partial charge on any atom is 0.261 e. The molecule has 2 heterocycles. The molecular weight excluding hydrogens is 406 g/mol. The molecule has 0 radical (unpaired) electrons. The molecule has 1 aromatic heterocycles. The van der Waals surface area contributed by atoms with Crippen LogP contribution in [0.2, 0.25) is 0 Å². The van der Waals surface area contributed by atoms with E-state index in [9.17, 15) is 18.4 Å². The molecular formula is C22H18F2N4O3. The topological polar surface area (TPSA) is 84.4 Å². The summed E-state index contributed by atoms with van der Waals surface area (Å²) in [6.45, 7) is 1.74. The van der Waals surface area contributed by atoms with Crippen molar-refractivity contribution in [2.45, 2.75) is 13.5 Å². The summed E-state index contributed by atoms with van der Waals surface area (Å²) in [5.41, 5.74) is 1.58. The fourth-order valence-corrected chi connectivity index (χ4v) is 3.23. The van der Waals surface area contributed by atoms with Crippen LogP contribution in [0.15, 0.2) is 48.7 Å². The zero-order valence-electron chi connectivity index (χ0n) is 16.6. The number of carbonyl (C=O) groups excluding carboxylic acids is 2. The Morgan fingerprint density at radius 3 is 2.84 bits per heavy atom. The molecule has 31 heavy (non-hydrogen) atoms. The van der Waals surface area contributed by atoms with Crippen LogP contribution >= 0.6 is 0 Å². The molecule has 1 N–H and O–H groups in total. The quantitative estimate of drug-likeness (QED) is 0.694. The van der Waals surface area contributed by atoms with Gasteiger partial charge in [0.1, 0.15) is 23.8 Å². The van der Waals surface area contributed by atoms with Gasteiger partial charge in [-0.25, -0.2) is 13.8 Å². The first-order valence-corrected chi connectivity index (χ1v) is 9.52. The maximum atomic E-state index is 14.0. The van der Waals surface area contributed by atoms with Gasteiger partial charge in [-0.15, -0.1) is 0 Å². The van der Waals surface area contributed by atoms with E-state index in [0.717, 1.165) is 12.1 Å². The van der Waals surface area contributed by atoms with Crippen LogP contribution in [0.25, 0.3) is 11.4 Å². The Hall–Kier alpha value is -3.88. The van der Waals surface area contributed by atoms with E-state index in [2.05, 4.69) is 15.3 Å². The third kappa shape index (κ3) is 4.50. The van der Waals surface area contributed by atoms with Crippen molar-refractivity contribution in [1.29, 1.82) is 0 Å². The van der Waals surface area contributed by atoms with Crippen molar-refractivity contribution < 1.29 is 23.1 Å². The smallest absolute Gasteiger partial charge is 0.261 e. The van der Waals surface area contributed by atoms with Gasteiger partial charge in [0.05, 0.1) is 6.54 Å². The number of benzene rings is 2. The Balaban J connectivity index is 1.60. The monoisotopic (exact) mass is 424 g/mol. The predicted octanol–water partition coefficient (Wildman–Crippen LogP) is 3.42. The van der Waals surface area contributed by atoms with Gasteiger partial charge in [-0.1, -0.05) is 18.2 Å². The van der Waals surface area contributed by atoms with Crippen LogP contribution in [0.3, 0.4) is 0 Å². The minimum Gasteiger partial charge on any atom is -0.475 e. The molecule has 2 aromatic carbocycles. The Morgan fingerprint density at radius 1 is 1.23 bits per heavy atom. The number of nitrogens with zero attached hydrogens (tertiary/aromatic N) is 3. The average molecular weight is 424 g/mol. The Bertz CT molecular complexity index is 1170. The van der Waals surface area contributed by atoms with Gasteiger partial charge in [0, 0.05) is 42.5 Å². The molecule has 0 saturated heterocycles. The number of ether oxygens (including phenoxy) is 1. The van der Waals surface area contributed by atoms with Crippen molar-refractivity contribution in [3.63, 3.8) is 0 Å². The maximum absolute atomic E-state index is 14.0. The average Bonchev–Trinajstić information content (AvgIpc) is 2.88. The molecule has 0 saturated carbocycles. The Morgan fingerprint density at radius 2 is 2.06 bits per heavy atom. The number of hydrogen-bond acceptors (Lipinski definition) is 5. The van der Waals surface area contributed by atoms with Gasteiger partial charge in [0.2, 0.25) is 11.8 Å². The molecule has 0 fully saturated rings. The molecule has 0 bridgehead atoms. The van der Waals surface area contributed by atoms with Crippen molar-refractivity contribution in [2.75, 3.05) is 18.5 Å². The fourth-order valence-electron chi connectivity index (χ4n) is 3.23. The number of amides is 2. The van der Waals surface area contributed by atoms with Gasteiger partial charge in [0.15, 0.2) is 5.82 Å². The molecule has 7 nitrogen and oxygen atoms in total. The van der Waals surface area contributed by atoms with E-state index in [1.54, 1.807) is 24.3 Å². The van der Waals surface area contributed by atoms with Crippen LogP contribution in [0, 0.1) is 11.6 Å². The summed E-state index contributed by atoms with van der Waals surface area (Å²) < 4.78 is 32.8. The minimum absolute atomic E-state index is 0.0335. The van der Waals surface area contributed by atoms with Crippen molar-refractivity contribution >= 4 is 17.5 Å². The number of carbonyl (C=O) groups is 2. The van der Waals surface area contributed by atoms with Gasteiger partial charge >= 0.3 is 0 Å². The summed E-state index contributed by atoms with van der Waals surface area (Å²) >= 11 is 0. The van der Waals surface area contributed by atoms with Crippen LogP contribution < -0.4 is 10.1 Å². The summed E-state index contributed by atoms with van der Waals surface area (Å²) in [4.78, 5) is 34.3. The van der Waals surface area contributed by atoms with Crippen LogP contribution in [0.5, 0.6) is 5.88 Å². The third-order valence-electron chi connectivity index (χ3n) is 4.69. The second-order valence-electron chi connectivity index (χ2n) is 6.99. The SMILES string of the molecule is CC(=O)Nc1cccc(-c2ncc3c(n2)OCCN(Cc2ccc(F)cc2F)C3=O)c1. The van der Waals surface area contributed by atoms with Gasteiger partial charge in [-0.2, -0.15) is 4.98 Å². The van der Waals surface area contributed by atoms with Gasteiger partial charge in [-0.05, 0) is 18.2 Å². The molecule has 9 heteroatoms. The number of nitrogens with one attached hydrogen (secondary N) is 1. The number of rotatable bonds is 4. The highest BCUT2D eigenvalue weighted by Crippen LogP contribution is 2.26. The Kier molecular flexibility index (Phi) is 5.57. The molecule has 4 rings (SSSR count). The lowest BCUT2D eigenvalue weighted by Gasteiger charge is -2.20. The van der Waals surface area contributed by atoms with E-state index < -0.39 is 17.5 Å². The normalized spacial score (nSPS) is 13.3. The predicted molar refractivity (Wildman–Crippen MR) is 108 cm³/mol. The molecule has 0 aliphatic carbocycles. The molecule has 3 aromatic rings. The largest absolute Gasteiger partial charge is 0.475 e. The number of anilines is 1. The van der Waals surface area contributed by atoms with Crippen molar-refractivity contribution in [1.82, 2.24) is 14.9 Å². The zero-order chi connectivity index (χ0) is 22.0. The highest BCUT2D eigenvalue weighted by molar-refractivity contribution is 5.96. The van der Waals surface area contributed by atoms with Crippen LogP contribution in [0.1, 0.15) is 22.8 Å².